The maximum absolute atomic E-state index is 11.6. The largest absolute Gasteiger partial charge is 0.355 e. The van der Waals surface area contributed by atoms with Gasteiger partial charge in [-0.15, -0.1) is 0 Å². The van der Waals surface area contributed by atoms with Gasteiger partial charge in [-0.1, -0.05) is 28.1 Å². The van der Waals surface area contributed by atoms with Gasteiger partial charge >= 0.3 is 0 Å². The summed E-state index contributed by atoms with van der Waals surface area (Å²) in [5.74, 6) is -0.475. The first-order valence-corrected chi connectivity index (χ1v) is 7.26. The van der Waals surface area contributed by atoms with Gasteiger partial charge in [0.2, 0.25) is 11.8 Å². The van der Waals surface area contributed by atoms with Gasteiger partial charge in [0.15, 0.2) is 0 Å². The molecule has 6 heteroatoms. The van der Waals surface area contributed by atoms with Crippen molar-refractivity contribution in [3.8, 4) is 6.07 Å². The van der Waals surface area contributed by atoms with Crippen LogP contribution in [0.5, 0.6) is 0 Å². The molecule has 0 radical (unpaired) electrons. The molecule has 21 heavy (non-hydrogen) atoms. The van der Waals surface area contributed by atoms with E-state index in [1.54, 1.807) is 12.1 Å². The van der Waals surface area contributed by atoms with Crippen LogP contribution in [0.4, 0.5) is 0 Å². The first-order chi connectivity index (χ1) is 10.1. The molecule has 0 atom stereocenters. The molecule has 1 rings (SSSR count). The lowest BCUT2D eigenvalue weighted by atomic mass is 10.2. The number of nitriles is 1. The summed E-state index contributed by atoms with van der Waals surface area (Å²) >= 11 is 3.36. The average Bonchev–Trinajstić information content (AvgIpc) is 2.45. The highest BCUT2D eigenvalue weighted by Crippen LogP contribution is 2.12. The molecule has 0 aromatic heterocycles. The van der Waals surface area contributed by atoms with E-state index in [1.165, 1.54) is 6.08 Å². The third kappa shape index (κ3) is 7.90. The molecule has 0 bridgehead atoms. The smallest absolute Gasteiger partial charge is 0.244 e. The maximum atomic E-state index is 11.6. The number of nitrogens with one attached hydrogen (secondary N) is 2. The minimum Gasteiger partial charge on any atom is -0.355 e. The predicted molar refractivity (Wildman–Crippen MR) is 84.0 cm³/mol. The third-order valence-corrected chi connectivity index (χ3v) is 2.98. The molecule has 2 N–H and O–H groups in total. The van der Waals surface area contributed by atoms with E-state index in [0.717, 1.165) is 10.0 Å². The monoisotopic (exact) mass is 349 g/mol. The summed E-state index contributed by atoms with van der Waals surface area (Å²) in [7, 11) is 0. The van der Waals surface area contributed by atoms with Crippen LogP contribution in [0.15, 0.2) is 34.8 Å². The topological polar surface area (TPSA) is 82.0 Å². The minimum absolute atomic E-state index is 0.137. The van der Waals surface area contributed by atoms with E-state index in [2.05, 4.69) is 26.6 Å². The van der Waals surface area contributed by atoms with Crippen molar-refractivity contribution >= 4 is 33.8 Å². The van der Waals surface area contributed by atoms with E-state index < -0.39 is 0 Å². The van der Waals surface area contributed by atoms with Crippen molar-refractivity contribution in [2.45, 2.75) is 12.8 Å². The van der Waals surface area contributed by atoms with Crippen LogP contribution in [0.3, 0.4) is 0 Å². The second-order valence-corrected chi connectivity index (χ2v) is 5.13. The average molecular weight is 350 g/mol. The lowest BCUT2D eigenvalue weighted by Crippen LogP contribution is -2.28. The van der Waals surface area contributed by atoms with E-state index in [0.29, 0.717) is 19.5 Å². The van der Waals surface area contributed by atoms with Crippen LogP contribution in [0.1, 0.15) is 18.4 Å². The van der Waals surface area contributed by atoms with Crippen molar-refractivity contribution in [1.82, 2.24) is 10.6 Å². The van der Waals surface area contributed by atoms with Gasteiger partial charge in [0.1, 0.15) is 6.42 Å². The molecule has 1 aromatic rings. The van der Waals surface area contributed by atoms with Gasteiger partial charge in [0, 0.05) is 23.6 Å². The Balaban J connectivity index is 2.20. The highest BCUT2D eigenvalue weighted by molar-refractivity contribution is 9.10. The fourth-order valence-corrected chi connectivity index (χ4v) is 1.92. The minimum atomic E-state index is -0.293. The lowest BCUT2D eigenvalue weighted by molar-refractivity contribution is -0.120. The normalized spacial score (nSPS) is 10.1. The zero-order valence-corrected chi connectivity index (χ0v) is 13.0. The zero-order chi connectivity index (χ0) is 15.5. The fraction of sp³-hybridized carbons (Fsp3) is 0.267. The molecule has 0 unspecified atom stereocenters. The van der Waals surface area contributed by atoms with Crippen LogP contribution in [-0.2, 0) is 9.59 Å². The molecule has 0 heterocycles. The Hall–Kier alpha value is -2.13. The van der Waals surface area contributed by atoms with Gasteiger partial charge in [0.05, 0.1) is 6.07 Å². The van der Waals surface area contributed by atoms with Crippen molar-refractivity contribution in [2.24, 2.45) is 0 Å². The SMILES string of the molecule is N#CCC(=O)NCCCNC(=O)/C=C/c1cccc(Br)c1. The Kier molecular flexibility index (Phi) is 7.84. The van der Waals surface area contributed by atoms with Crippen LogP contribution in [0.25, 0.3) is 6.08 Å². The number of carbonyl (C=O) groups is 2. The Morgan fingerprint density at radius 1 is 1.29 bits per heavy atom. The van der Waals surface area contributed by atoms with Crippen LogP contribution in [-0.4, -0.2) is 24.9 Å². The van der Waals surface area contributed by atoms with Crippen molar-refractivity contribution in [3.63, 3.8) is 0 Å². The second kappa shape index (κ2) is 9.72. The number of hydrogen-bond acceptors (Lipinski definition) is 3. The fourth-order valence-electron chi connectivity index (χ4n) is 1.50. The number of amides is 2. The van der Waals surface area contributed by atoms with E-state index in [4.69, 9.17) is 5.26 Å². The molecule has 0 aliphatic heterocycles. The van der Waals surface area contributed by atoms with Crippen LogP contribution in [0.2, 0.25) is 0 Å². The first-order valence-electron chi connectivity index (χ1n) is 6.47. The van der Waals surface area contributed by atoms with E-state index in [9.17, 15) is 9.59 Å². The molecule has 0 spiro atoms. The molecule has 0 aliphatic rings. The molecule has 1 aromatic carbocycles. The van der Waals surface area contributed by atoms with Crippen LogP contribution >= 0.6 is 15.9 Å². The number of hydrogen-bond donors (Lipinski definition) is 2. The van der Waals surface area contributed by atoms with E-state index in [-0.39, 0.29) is 18.2 Å². The number of nitrogens with zero attached hydrogens (tertiary/aromatic N) is 1. The third-order valence-electron chi connectivity index (χ3n) is 2.49. The van der Waals surface area contributed by atoms with E-state index >= 15 is 0 Å². The first kappa shape index (κ1) is 16.9. The summed E-state index contributed by atoms with van der Waals surface area (Å²) < 4.78 is 0.957. The maximum Gasteiger partial charge on any atom is 0.244 e. The Morgan fingerprint density at radius 2 is 2.05 bits per heavy atom. The van der Waals surface area contributed by atoms with Crippen molar-refractivity contribution in [1.29, 1.82) is 5.26 Å². The van der Waals surface area contributed by atoms with E-state index in [1.807, 2.05) is 24.3 Å². The van der Waals surface area contributed by atoms with Crippen molar-refractivity contribution in [3.05, 3.63) is 40.4 Å². The molecule has 2 amide bonds. The summed E-state index contributed by atoms with van der Waals surface area (Å²) in [5, 5.41) is 13.6. The molecule has 0 saturated heterocycles. The molecule has 0 aliphatic carbocycles. The molecular weight excluding hydrogens is 334 g/mol. The Bertz CT molecular complexity index is 564. The summed E-state index contributed by atoms with van der Waals surface area (Å²) in [6, 6.07) is 9.39. The lowest BCUT2D eigenvalue weighted by Gasteiger charge is -2.03. The zero-order valence-electron chi connectivity index (χ0n) is 11.4. The highest BCUT2D eigenvalue weighted by Gasteiger charge is 1.99. The molecule has 0 fully saturated rings. The highest BCUT2D eigenvalue weighted by atomic mass is 79.9. The summed E-state index contributed by atoms with van der Waals surface area (Å²) in [4.78, 5) is 22.6. The van der Waals surface area contributed by atoms with Crippen molar-refractivity contribution < 1.29 is 9.59 Å². The number of carbonyl (C=O) groups excluding carboxylic acids is 2. The van der Waals surface area contributed by atoms with Gasteiger partial charge < -0.3 is 10.6 Å². The predicted octanol–water partition coefficient (Wildman–Crippen LogP) is 2.00. The summed E-state index contributed by atoms with van der Waals surface area (Å²) in [6.45, 7) is 0.907. The number of benzene rings is 1. The van der Waals surface area contributed by atoms with Gasteiger partial charge in [-0.25, -0.2) is 0 Å². The number of rotatable bonds is 7. The molecular formula is C15H16BrN3O2. The number of halogens is 1. The van der Waals surface area contributed by atoms with Gasteiger partial charge in [0.25, 0.3) is 0 Å². The van der Waals surface area contributed by atoms with Crippen molar-refractivity contribution in [2.75, 3.05) is 13.1 Å². The quantitative estimate of drug-likeness (QED) is 0.583. The second-order valence-electron chi connectivity index (χ2n) is 4.22. The molecule has 5 nitrogen and oxygen atoms in total. The van der Waals surface area contributed by atoms with Gasteiger partial charge in [-0.3, -0.25) is 9.59 Å². The van der Waals surface area contributed by atoms with Crippen LogP contribution in [0, 0.1) is 11.3 Å². The molecule has 0 saturated carbocycles. The standard InChI is InChI=1S/C15H16BrN3O2/c16-13-4-1-3-12(11-13)5-6-14(20)18-9-2-10-19-15(21)7-8-17/h1,3-6,11H,2,7,9-10H2,(H,18,20)(H,19,21)/b6-5+. The summed E-state index contributed by atoms with van der Waals surface area (Å²) in [5.41, 5.74) is 0.934. The summed E-state index contributed by atoms with van der Waals surface area (Å²) in [6.07, 6.45) is 3.68. The Morgan fingerprint density at radius 3 is 2.76 bits per heavy atom. The Labute approximate surface area is 132 Å². The van der Waals surface area contributed by atoms with Gasteiger partial charge in [-0.2, -0.15) is 5.26 Å². The van der Waals surface area contributed by atoms with Crippen LogP contribution < -0.4 is 10.6 Å². The van der Waals surface area contributed by atoms with Gasteiger partial charge in [-0.05, 0) is 30.2 Å². The molecule has 110 valence electrons.